The molecule has 36 heavy (non-hydrogen) atoms. The van der Waals surface area contributed by atoms with E-state index in [2.05, 4.69) is 5.10 Å². The lowest BCUT2D eigenvalue weighted by Gasteiger charge is -2.43. The lowest BCUT2D eigenvalue weighted by Crippen LogP contribution is -2.67. The van der Waals surface area contributed by atoms with Crippen molar-refractivity contribution in [2.24, 2.45) is 0 Å². The van der Waals surface area contributed by atoms with Crippen LogP contribution >= 0.6 is 0 Å². The highest BCUT2D eigenvalue weighted by molar-refractivity contribution is 5.39. The number of aliphatic hydroxyl groups excluding tert-OH is 4. The van der Waals surface area contributed by atoms with Crippen LogP contribution in [0.1, 0.15) is 35.3 Å². The van der Waals surface area contributed by atoms with Crippen molar-refractivity contribution in [1.29, 1.82) is 0 Å². The summed E-state index contributed by atoms with van der Waals surface area (Å²) >= 11 is 0. The SMILES string of the molecule is CCc1ccc(Cc2c(O[C@@]3(O)O[C@H](CO)[C@@H](O)[C@H](O)[C@H]3O)nn(C(CF)CF)c2C(F)(F)F)cc1. The van der Waals surface area contributed by atoms with Gasteiger partial charge in [0.2, 0.25) is 5.88 Å². The summed E-state index contributed by atoms with van der Waals surface area (Å²) < 4.78 is 79.5. The van der Waals surface area contributed by atoms with Gasteiger partial charge in [-0.1, -0.05) is 31.2 Å². The second kappa shape index (κ2) is 10.9. The highest BCUT2D eigenvalue weighted by Crippen LogP contribution is 2.41. The van der Waals surface area contributed by atoms with Crippen LogP contribution in [0, 0.1) is 0 Å². The van der Waals surface area contributed by atoms with Crippen LogP contribution < -0.4 is 4.74 Å². The quantitative estimate of drug-likeness (QED) is 0.242. The number of aryl methyl sites for hydroxylation is 1. The molecular formula is C22H27F5N2O7. The Hall–Kier alpha value is -2.36. The summed E-state index contributed by atoms with van der Waals surface area (Å²) in [5, 5.41) is 53.8. The first-order chi connectivity index (χ1) is 16.9. The molecule has 2 aromatic rings. The lowest BCUT2D eigenvalue weighted by molar-refractivity contribution is -0.423. The van der Waals surface area contributed by atoms with Gasteiger partial charge in [0.25, 0.3) is 0 Å². The number of nitrogens with zero attached hydrogens (tertiary/aromatic N) is 2. The molecule has 9 nitrogen and oxygen atoms in total. The van der Waals surface area contributed by atoms with Gasteiger partial charge in [0.15, 0.2) is 11.8 Å². The first-order valence-electron chi connectivity index (χ1n) is 11.0. The molecule has 14 heteroatoms. The zero-order valence-corrected chi connectivity index (χ0v) is 19.1. The Morgan fingerprint density at radius 2 is 1.67 bits per heavy atom. The third-order valence-electron chi connectivity index (χ3n) is 5.93. The van der Waals surface area contributed by atoms with Crippen molar-refractivity contribution in [3.63, 3.8) is 0 Å². The molecule has 0 spiro atoms. The first-order valence-corrected chi connectivity index (χ1v) is 11.0. The summed E-state index contributed by atoms with van der Waals surface area (Å²) in [6.07, 6.45) is -13.2. The van der Waals surface area contributed by atoms with E-state index in [1.165, 1.54) is 12.1 Å². The molecule has 1 aliphatic rings. The van der Waals surface area contributed by atoms with Gasteiger partial charge in [0.1, 0.15) is 37.7 Å². The van der Waals surface area contributed by atoms with Crippen molar-refractivity contribution < 1.29 is 57.0 Å². The van der Waals surface area contributed by atoms with Crippen LogP contribution in [0.25, 0.3) is 0 Å². The minimum atomic E-state index is -5.17. The van der Waals surface area contributed by atoms with E-state index in [1.54, 1.807) is 12.1 Å². The molecular weight excluding hydrogens is 499 g/mol. The van der Waals surface area contributed by atoms with Gasteiger partial charge in [-0.2, -0.15) is 13.2 Å². The molecule has 0 aliphatic carbocycles. The molecule has 0 bridgehead atoms. The second-order valence-electron chi connectivity index (χ2n) is 8.38. The number of hydrogen-bond donors (Lipinski definition) is 5. The summed E-state index contributed by atoms with van der Waals surface area (Å²) in [4.78, 5) is 0. The van der Waals surface area contributed by atoms with Crippen molar-refractivity contribution in [2.45, 2.75) is 62.4 Å². The van der Waals surface area contributed by atoms with Crippen LogP contribution in [0.4, 0.5) is 22.0 Å². The van der Waals surface area contributed by atoms with Crippen LogP contribution in [-0.2, 0) is 23.8 Å². The molecule has 2 heterocycles. The number of hydrogen-bond acceptors (Lipinski definition) is 8. The fourth-order valence-electron chi connectivity index (χ4n) is 3.87. The van der Waals surface area contributed by atoms with Gasteiger partial charge >= 0.3 is 12.1 Å². The number of aromatic nitrogens is 2. The standard InChI is InChI=1S/C22H27F5N2O7/c1-2-11-3-5-12(6-4-11)7-14-18(21(25,26)27)29(13(8-23)9-24)28-20(14)36-22(34)19(33)17(32)16(31)15(10-30)35-22/h3-6,13,15-17,19,30-34H,2,7-10H2,1H3/t15-,16-,17+,19-,22+/m1/s1. The minimum absolute atomic E-state index is 0.0540. The summed E-state index contributed by atoms with van der Waals surface area (Å²) in [6.45, 7) is -2.19. The van der Waals surface area contributed by atoms with Crippen LogP contribution in [0.15, 0.2) is 24.3 Å². The monoisotopic (exact) mass is 526 g/mol. The van der Waals surface area contributed by atoms with Gasteiger partial charge in [0.05, 0.1) is 12.2 Å². The normalized spacial score (nSPS) is 27.0. The zero-order valence-electron chi connectivity index (χ0n) is 19.1. The van der Waals surface area contributed by atoms with E-state index < -0.39 is 86.1 Å². The van der Waals surface area contributed by atoms with Crippen molar-refractivity contribution >= 4 is 0 Å². The van der Waals surface area contributed by atoms with E-state index in [0.29, 0.717) is 12.0 Å². The van der Waals surface area contributed by atoms with Crippen molar-refractivity contribution in [2.75, 3.05) is 20.0 Å². The molecule has 5 atom stereocenters. The Labute approximate surface area is 202 Å². The van der Waals surface area contributed by atoms with E-state index in [-0.39, 0.29) is 4.68 Å². The molecule has 0 radical (unpaired) electrons. The summed E-state index contributed by atoms with van der Waals surface area (Å²) in [5.41, 5.74) is -1.05. The Morgan fingerprint density at radius 1 is 1.08 bits per heavy atom. The maximum absolute atomic E-state index is 14.1. The molecule has 1 aromatic carbocycles. The topological polar surface area (TPSA) is 137 Å². The molecule has 0 unspecified atom stereocenters. The minimum Gasteiger partial charge on any atom is -0.417 e. The van der Waals surface area contributed by atoms with Crippen LogP contribution in [-0.4, -0.2) is 85.7 Å². The summed E-state index contributed by atoms with van der Waals surface area (Å²) in [5.74, 6) is -4.27. The lowest BCUT2D eigenvalue weighted by atomic mass is 9.97. The van der Waals surface area contributed by atoms with E-state index >= 15 is 0 Å². The molecule has 1 fully saturated rings. The Bertz CT molecular complexity index is 1010. The molecule has 0 saturated carbocycles. The van der Waals surface area contributed by atoms with E-state index in [9.17, 15) is 47.5 Å². The fourth-order valence-corrected chi connectivity index (χ4v) is 3.87. The van der Waals surface area contributed by atoms with Crippen molar-refractivity contribution in [1.82, 2.24) is 9.78 Å². The molecule has 0 amide bonds. The largest absolute Gasteiger partial charge is 0.433 e. The van der Waals surface area contributed by atoms with Gasteiger partial charge in [-0.05, 0) is 17.5 Å². The van der Waals surface area contributed by atoms with Gasteiger partial charge in [-0.15, -0.1) is 5.10 Å². The summed E-state index contributed by atoms with van der Waals surface area (Å²) in [7, 11) is 0. The predicted molar refractivity (Wildman–Crippen MR) is 112 cm³/mol. The molecule has 5 N–H and O–H groups in total. The van der Waals surface area contributed by atoms with Crippen LogP contribution in [0.3, 0.4) is 0 Å². The van der Waals surface area contributed by atoms with Crippen molar-refractivity contribution in [3.8, 4) is 5.88 Å². The van der Waals surface area contributed by atoms with Crippen LogP contribution in [0.5, 0.6) is 5.88 Å². The zero-order chi connectivity index (χ0) is 26.8. The number of rotatable bonds is 9. The maximum atomic E-state index is 14.1. The van der Waals surface area contributed by atoms with E-state index in [1.807, 2.05) is 6.92 Å². The number of alkyl halides is 5. The summed E-state index contributed by atoms with van der Waals surface area (Å²) in [6, 6.07) is 4.43. The average Bonchev–Trinajstić information content (AvgIpc) is 3.19. The molecule has 1 saturated heterocycles. The number of ether oxygens (including phenoxy) is 2. The molecule has 202 valence electrons. The Morgan fingerprint density at radius 3 is 2.17 bits per heavy atom. The molecule has 3 rings (SSSR count). The number of benzene rings is 1. The van der Waals surface area contributed by atoms with Crippen LogP contribution in [0.2, 0.25) is 0 Å². The second-order valence-corrected chi connectivity index (χ2v) is 8.38. The number of halogens is 5. The van der Waals surface area contributed by atoms with Crippen molar-refractivity contribution in [3.05, 3.63) is 46.6 Å². The highest BCUT2D eigenvalue weighted by Gasteiger charge is 2.56. The van der Waals surface area contributed by atoms with E-state index in [0.717, 1.165) is 5.56 Å². The Balaban J connectivity index is 2.15. The third kappa shape index (κ3) is 5.48. The average molecular weight is 526 g/mol. The molecule has 1 aliphatic heterocycles. The number of aliphatic hydroxyl groups is 5. The van der Waals surface area contributed by atoms with Gasteiger partial charge in [-0.25, -0.2) is 13.5 Å². The predicted octanol–water partition coefficient (Wildman–Crippen LogP) is 1.03. The Kier molecular flexibility index (Phi) is 8.58. The van der Waals surface area contributed by atoms with Gasteiger partial charge in [0, 0.05) is 6.42 Å². The maximum Gasteiger partial charge on any atom is 0.433 e. The smallest absolute Gasteiger partial charge is 0.417 e. The highest BCUT2D eigenvalue weighted by atomic mass is 19.4. The van der Waals surface area contributed by atoms with Gasteiger partial charge < -0.3 is 35.0 Å². The molecule has 1 aromatic heterocycles. The fraction of sp³-hybridized carbons (Fsp3) is 0.591. The van der Waals surface area contributed by atoms with E-state index in [4.69, 9.17) is 9.47 Å². The van der Waals surface area contributed by atoms with Gasteiger partial charge in [-0.3, -0.25) is 0 Å². The third-order valence-corrected chi connectivity index (χ3v) is 5.93. The first kappa shape index (κ1) is 28.2.